The van der Waals surface area contributed by atoms with E-state index in [1.54, 1.807) is 12.2 Å². The molecular formula is C16H22N2O6. The average Bonchev–Trinajstić information content (AvgIpc) is 3.03. The van der Waals surface area contributed by atoms with Crippen LogP contribution in [0.2, 0.25) is 0 Å². The molecule has 1 aliphatic carbocycles. The average molecular weight is 338 g/mol. The summed E-state index contributed by atoms with van der Waals surface area (Å²) in [6.45, 7) is 1.84. The zero-order valence-corrected chi connectivity index (χ0v) is 13.5. The number of hydrogen-bond acceptors (Lipinski definition) is 4. The summed E-state index contributed by atoms with van der Waals surface area (Å²) in [5.74, 6) is -4.57. The molecule has 24 heavy (non-hydrogen) atoms. The Kier molecular flexibility index (Phi) is 5.58. The molecule has 0 aromatic heterocycles. The maximum absolute atomic E-state index is 12.4. The maximum atomic E-state index is 12.4. The van der Waals surface area contributed by atoms with E-state index in [9.17, 15) is 24.3 Å². The van der Waals surface area contributed by atoms with Crippen molar-refractivity contribution in [2.45, 2.75) is 44.7 Å². The van der Waals surface area contributed by atoms with Crippen LogP contribution in [0.15, 0.2) is 12.2 Å². The van der Waals surface area contributed by atoms with E-state index in [0.29, 0.717) is 25.8 Å². The van der Waals surface area contributed by atoms with E-state index in [2.05, 4.69) is 5.32 Å². The molecule has 8 nitrogen and oxygen atoms in total. The van der Waals surface area contributed by atoms with E-state index >= 15 is 0 Å². The Morgan fingerprint density at radius 1 is 1.08 bits per heavy atom. The molecule has 0 saturated carbocycles. The van der Waals surface area contributed by atoms with E-state index in [4.69, 9.17) is 5.11 Å². The van der Waals surface area contributed by atoms with Crippen LogP contribution in [0.5, 0.6) is 0 Å². The van der Waals surface area contributed by atoms with Crippen LogP contribution in [0.25, 0.3) is 0 Å². The van der Waals surface area contributed by atoms with Crippen molar-refractivity contribution < 1.29 is 29.4 Å². The number of likely N-dealkylation sites (tertiary alicyclic amines) is 1. The van der Waals surface area contributed by atoms with Gasteiger partial charge in [0.2, 0.25) is 11.8 Å². The van der Waals surface area contributed by atoms with Gasteiger partial charge >= 0.3 is 11.9 Å². The number of carbonyl (C=O) groups excluding carboxylic acids is 2. The summed E-state index contributed by atoms with van der Waals surface area (Å²) in [6.07, 6.45) is 5.10. The molecule has 2 unspecified atom stereocenters. The van der Waals surface area contributed by atoms with Crippen LogP contribution < -0.4 is 5.32 Å². The number of hydrogen-bond donors (Lipinski definition) is 3. The number of allylic oxidation sites excluding steroid dienone is 2. The smallest absolute Gasteiger partial charge is 0.326 e. The van der Waals surface area contributed by atoms with Crippen LogP contribution in [0.1, 0.15) is 32.6 Å². The number of carboxylic acid groups (broad SMARTS) is 2. The van der Waals surface area contributed by atoms with Crippen molar-refractivity contribution in [2.24, 2.45) is 11.8 Å². The Morgan fingerprint density at radius 3 is 2.29 bits per heavy atom. The highest BCUT2D eigenvalue weighted by molar-refractivity contribution is 5.92. The van der Waals surface area contributed by atoms with Crippen molar-refractivity contribution in [2.75, 3.05) is 6.54 Å². The van der Waals surface area contributed by atoms with E-state index < -0.39 is 47.7 Å². The predicted molar refractivity (Wildman–Crippen MR) is 83.0 cm³/mol. The molecule has 1 fully saturated rings. The molecule has 132 valence electrons. The fourth-order valence-electron chi connectivity index (χ4n) is 3.30. The molecule has 0 aromatic rings. The zero-order chi connectivity index (χ0) is 17.9. The van der Waals surface area contributed by atoms with Gasteiger partial charge in [0.05, 0.1) is 11.8 Å². The normalized spacial score (nSPS) is 27.5. The van der Waals surface area contributed by atoms with Crippen LogP contribution >= 0.6 is 0 Å². The molecule has 2 amide bonds. The Bertz CT molecular complexity index is 573. The summed E-state index contributed by atoms with van der Waals surface area (Å²) >= 11 is 0. The molecule has 8 heteroatoms. The standard InChI is InChI=1S/C16H22N2O6/c1-9(14(20)18-8-4-7-12(18)16(23)24)17-13(19)10-5-2-3-6-11(10)15(21)22/h2-3,9-12H,4-8H2,1H3,(H,17,19)(H,21,22)(H,23,24)/t9-,10?,11?,12-/m0/s1. The lowest BCUT2D eigenvalue weighted by molar-refractivity contribution is -0.150. The highest BCUT2D eigenvalue weighted by Gasteiger charge is 2.38. The summed E-state index contributed by atoms with van der Waals surface area (Å²) in [7, 11) is 0. The van der Waals surface area contributed by atoms with Crippen molar-refractivity contribution in [1.29, 1.82) is 0 Å². The van der Waals surface area contributed by atoms with Gasteiger partial charge in [-0.2, -0.15) is 0 Å². The number of carboxylic acids is 2. The molecule has 0 aromatic carbocycles. The number of nitrogens with one attached hydrogen (secondary N) is 1. The van der Waals surface area contributed by atoms with Crippen molar-refractivity contribution >= 4 is 23.8 Å². The molecule has 0 bridgehead atoms. The van der Waals surface area contributed by atoms with Crippen molar-refractivity contribution in [3.05, 3.63) is 12.2 Å². The van der Waals surface area contributed by atoms with E-state index in [1.807, 2.05) is 0 Å². The van der Waals surface area contributed by atoms with Gasteiger partial charge in [0.25, 0.3) is 0 Å². The van der Waals surface area contributed by atoms with Gasteiger partial charge in [0, 0.05) is 6.54 Å². The number of rotatable bonds is 5. The molecular weight excluding hydrogens is 316 g/mol. The van der Waals surface area contributed by atoms with Crippen LogP contribution in [0, 0.1) is 11.8 Å². The fraction of sp³-hybridized carbons (Fsp3) is 0.625. The van der Waals surface area contributed by atoms with E-state index in [0.717, 1.165) is 0 Å². The van der Waals surface area contributed by atoms with Crippen LogP contribution in [0.4, 0.5) is 0 Å². The third-order valence-corrected chi connectivity index (χ3v) is 4.64. The summed E-state index contributed by atoms with van der Waals surface area (Å²) < 4.78 is 0. The number of carbonyl (C=O) groups is 4. The largest absolute Gasteiger partial charge is 0.481 e. The molecule has 4 atom stereocenters. The SMILES string of the molecule is C[C@H](NC(=O)C1CC=CCC1C(=O)O)C(=O)N1CCC[C@H]1C(=O)O. The molecule has 0 radical (unpaired) electrons. The maximum Gasteiger partial charge on any atom is 0.326 e. The van der Waals surface area contributed by atoms with E-state index in [1.165, 1.54) is 11.8 Å². The minimum absolute atomic E-state index is 0.281. The molecule has 3 N–H and O–H groups in total. The second-order valence-corrected chi connectivity index (χ2v) is 6.25. The first-order chi connectivity index (χ1) is 11.3. The van der Waals surface area contributed by atoms with Gasteiger partial charge in [-0.05, 0) is 32.6 Å². The van der Waals surface area contributed by atoms with E-state index in [-0.39, 0.29) is 6.42 Å². The lowest BCUT2D eigenvalue weighted by atomic mass is 9.82. The Labute approximate surface area is 139 Å². The summed E-state index contributed by atoms with van der Waals surface area (Å²) in [5.41, 5.74) is 0. The minimum Gasteiger partial charge on any atom is -0.481 e. The van der Waals surface area contributed by atoms with Crippen LogP contribution in [-0.4, -0.2) is 57.5 Å². The van der Waals surface area contributed by atoms with Gasteiger partial charge in [-0.3, -0.25) is 14.4 Å². The second kappa shape index (κ2) is 7.46. The van der Waals surface area contributed by atoms with Crippen LogP contribution in [-0.2, 0) is 19.2 Å². The van der Waals surface area contributed by atoms with Crippen LogP contribution in [0.3, 0.4) is 0 Å². The van der Waals surface area contributed by atoms with Crippen molar-refractivity contribution in [3.8, 4) is 0 Å². The van der Waals surface area contributed by atoms with Gasteiger partial charge in [-0.25, -0.2) is 4.79 Å². The molecule has 2 aliphatic rings. The number of nitrogens with zero attached hydrogens (tertiary/aromatic N) is 1. The van der Waals surface area contributed by atoms with Gasteiger partial charge < -0.3 is 20.4 Å². The predicted octanol–water partition coefficient (Wildman–Crippen LogP) is 0.234. The van der Waals surface area contributed by atoms with Gasteiger partial charge in [0.1, 0.15) is 12.1 Å². The lowest BCUT2D eigenvalue weighted by Crippen LogP contribution is -2.52. The van der Waals surface area contributed by atoms with Crippen molar-refractivity contribution in [1.82, 2.24) is 10.2 Å². The first-order valence-corrected chi connectivity index (χ1v) is 8.04. The lowest BCUT2D eigenvalue weighted by Gasteiger charge is -2.28. The number of aliphatic carboxylic acids is 2. The minimum atomic E-state index is -1.05. The number of amides is 2. The monoisotopic (exact) mass is 338 g/mol. The molecule has 2 rings (SSSR count). The highest BCUT2D eigenvalue weighted by atomic mass is 16.4. The summed E-state index contributed by atoms with van der Waals surface area (Å²) in [4.78, 5) is 48.5. The topological polar surface area (TPSA) is 124 Å². The molecule has 0 spiro atoms. The first kappa shape index (κ1) is 18.0. The first-order valence-electron chi connectivity index (χ1n) is 8.04. The third kappa shape index (κ3) is 3.74. The zero-order valence-electron chi connectivity index (χ0n) is 13.5. The Morgan fingerprint density at radius 2 is 1.71 bits per heavy atom. The van der Waals surface area contributed by atoms with Gasteiger partial charge in [-0.1, -0.05) is 12.2 Å². The van der Waals surface area contributed by atoms with Gasteiger partial charge in [-0.15, -0.1) is 0 Å². The molecule has 1 aliphatic heterocycles. The molecule has 1 heterocycles. The molecule has 1 saturated heterocycles. The Hall–Kier alpha value is -2.38. The Balaban J connectivity index is 2.00. The fourth-order valence-corrected chi connectivity index (χ4v) is 3.30. The quantitative estimate of drug-likeness (QED) is 0.617. The second-order valence-electron chi connectivity index (χ2n) is 6.25. The van der Waals surface area contributed by atoms with Crippen molar-refractivity contribution in [3.63, 3.8) is 0 Å². The highest BCUT2D eigenvalue weighted by Crippen LogP contribution is 2.26. The summed E-state index contributed by atoms with van der Waals surface area (Å²) in [6, 6.07) is -1.75. The summed E-state index contributed by atoms with van der Waals surface area (Å²) in [5, 5.41) is 20.9. The third-order valence-electron chi connectivity index (χ3n) is 4.64. The van der Waals surface area contributed by atoms with Gasteiger partial charge in [0.15, 0.2) is 0 Å².